The van der Waals surface area contributed by atoms with Gasteiger partial charge in [-0.1, -0.05) is 48.2 Å². The van der Waals surface area contributed by atoms with Gasteiger partial charge in [0.15, 0.2) is 5.16 Å². The Balaban J connectivity index is 1.50. The largest absolute Gasteiger partial charge is 0.290 e. The third-order valence-corrected chi connectivity index (χ3v) is 6.97. The van der Waals surface area contributed by atoms with E-state index in [9.17, 15) is 9.59 Å². The summed E-state index contributed by atoms with van der Waals surface area (Å²) >= 11 is 2.85. The molecule has 5 rings (SSSR count). The minimum Gasteiger partial charge on any atom is -0.290 e. The first-order valence-corrected chi connectivity index (χ1v) is 11.1. The van der Waals surface area contributed by atoms with Gasteiger partial charge < -0.3 is 0 Å². The number of nitrogens with zero attached hydrogens (tertiary/aromatic N) is 4. The van der Waals surface area contributed by atoms with Gasteiger partial charge in [-0.25, -0.2) is 9.97 Å². The molecule has 1 aromatic carbocycles. The maximum absolute atomic E-state index is 12.9. The highest BCUT2D eigenvalue weighted by molar-refractivity contribution is 7.98. The quantitative estimate of drug-likeness (QED) is 0.318. The molecular weight excluding hydrogens is 416 g/mol. The van der Waals surface area contributed by atoms with Crippen LogP contribution in [0.15, 0.2) is 81.6 Å². The van der Waals surface area contributed by atoms with Crippen molar-refractivity contribution in [2.75, 3.05) is 0 Å². The van der Waals surface area contributed by atoms with Gasteiger partial charge in [0.2, 0.25) is 0 Å². The van der Waals surface area contributed by atoms with Gasteiger partial charge in [0.25, 0.3) is 11.1 Å². The molecule has 5 aromatic rings. The van der Waals surface area contributed by atoms with Gasteiger partial charge in [0, 0.05) is 29.9 Å². The van der Waals surface area contributed by atoms with Crippen LogP contribution in [0.25, 0.3) is 26.3 Å². The van der Waals surface area contributed by atoms with E-state index in [1.807, 2.05) is 42.5 Å². The van der Waals surface area contributed by atoms with Crippen molar-refractivity contribution in [3.8, 4) is 10.4 Å². The molecule has 148 valence electrons. The standard InChI is InChI=1S/C22H16N4O2S2/c1-25-21(28)20-16(12-17(30-20)14-7-3-2-4-8-14)24-22(25)29-13-15-11-19(27)26-10-6-5-9-18(26)23-15/h2-12H,13H2,1H3. The molecule has 0 atom stereocenters. The Bertz CT molecular complexity index is 1500. The van der Waals surface area contributed by atoms with Crippen molar-refractivity contribution in [3.63, 3.8) is 0 Å². The van der Waals surface area contributed by atoms with Crippen LogP contribution in [0, 0.1) is 0 Å². The summed E-state index contributed by atoms with van der Waals surface area (Å²) in [7, 11) is 1.72. The summed E-state index contributed by atoms with van der Waals surface area (Å²) in [5.74, 6) is 0.447. The summed E-state index contributed by atoms with van der Waals surface area (Å²) < 4.78 is 3.71. The lowest BCUT2D eigenvalue weighted by atomic mass is 10.2. The lowest BCUT2D eigenvalue weighted by Crippen LogP contribution is -2.19. The van der Waals surface area contributed by atoms with E-state index in [0.717, 1.165) is 10.4 Å². The van der Waals surface area contributed by atoms with Crippen LogP contribution in [0.3, 0.4) is 0 Å². The number of hydrogen-bond acceptors (Lipinski definition) is 6. The van der Waals surface area contributed by atoms with Crippen molar-refractivity contribution in [2.45, 2.75) is 10.9 Å². The second-order valence-corrected chi connectivity index (χ2v) is 8.75. The molecule has 6 nitrogen and oxygen atoms in total. The fraction of sp³-hybridized carbons (Fsp3) is 0.0909. The Morgan fingerprint density at radius 1 is 1.00 bits per heavy atom. The molecule has 4 aromatic heterocycles. The lowest BCUT2D eigenvalue weighted by Gasteiger charge is -2.07. The summed E-state index contributed by atoms with van der Waals surface area (Å²) in [4.78, 5) is 35.4. The summed E-state index contributed by atoms with van der Waals surface area (Å²) in [5.41, 5.74) is 2.82. The Morgan fingerprint density at radius 2 is 1.80 bits per heavy atom. The highest BCUT2D eigenvalue weighted by Gasteiger charge is 2.14. The third kappa shape index (κ3) is 3.34. The molecule has 4 heterocycles. The summed E-state index contributed by atoms with van der Waals surface area (Å²) in [6.07, 6.45) is 1.70. The van der Waals surface area contributed by atoms with E-state index in [1.165, 1.54) is 33.6 Å². The monoisotopic (exact) mass is 432 g/mol. The summed E-state index contributed by atoms with van der Waals surface area (Å²) in [6.45, 7) is 0. The number of benzene rings is 1. The summed E-state index contributed by atoms with van der Waals surface area (Å²) in [5, 5.41) is 0.597. The minimum atomic E-state index is -0.126. The molecule has 0 unspecified atom stereocenters. The zero-order chi connectivity index (χ0) is 20.7. The smallest absolute Gasteiger partial charge is 0.271 e. The average molecular weight is 433 g/mol. The molecule has 0 bridgehead atoms. The van der Waals surface area contributed by atoms with Crippen LogP contribution < -0.4 is 11.1 Å². The maximum Gasteiger partial charge on any atom is 0.271 e. The number of fused-ring (bicyclic) bond motifs is 2. The van der Waals surface area contributed by atoms with Crippen LogP contribution in [0.2, 0.25) is 0 Å². The predicted molar refractivity (Wildman–Crippen MR) is 121 cm³/mol. The zero-order valence-electron chi connectivity index (χ0n) is 16.0. The minimum absolute atomic E-state index is 0.0683. The predicted octanol–water partition coefficient (Wildman–Crippen LogP) is 3.96. The van der Waals surface area contributed by atoms with Crippen LogP contribution in [0.5, 0.6) is 0 Å². The second-order valence-electron chi connectivity index (χ2n) is 6.75. The van der Waals surface area contributed by atoms with E-state index >= 15 is 0 Å². The Morgan fingerprint density at radius 3 is 2.63 bits per heavy atom. The topological polar surface area (TPSA) is 69.3 Å². The van der Waals surface area contributed by atoms with Crippen LogP contribution in [0.4, 0.5) is 0 Å². The van der Waals surface area contributed by atoms with Gasteiger partial charge in [-0.05, 0) is 23.8 Å². The summed E-state index contributed by atoms with van der Waals surface area (Å²) in [6, 6.07) is 18.9. The van der Waals surface area contributed by atoms with Gasteiger partial charge in [-0.15, -0.1) is 11.3 Å². The van der Waals surface area contributed by atoms with Crippen molar-refractivity contribution < 1.29 is 0 Å². The SMILES string of the molecule is Cn1c(SCc2cc(=O)n3ccccc3n2)nc2cc(-c3ccccc3)sc2c1=O. The molecule has 0 saturated heterocycles. The first-order valence-electron chi connectivity index (χ1n) is 9.26. The van der Waals surface area contributed by atoms with Crippen LogP contribution in [-0.4, -0.2) is 18.9 Å². The molecule has 0 aliphatic carbocycles. The molecule has 0 spiro atoms. The van der Waals surface area contributed by atoms with E-state index in [1.54, 1.807) is 29.9 Å². The van der Waals surface area contributed by atoms with Gasteiger partial charge in [0.1, 0.15) is 10.3 Å². The van der Waals surface area contributed by atoms with E-state index in [-0.39, 0.29) is 11.1 Å². The van der Waals surface area contributed by atoms with Gasteiger partial charge in [0.05, 0.1) is 11.2 Å². The fourth-order valence-electron chi connectivity index (χ4n) is 3.22. The molecule has 30 heavy (non-hydrogen) atoms. The number of thioether (sulfide) groups is 1. The number of pyridine rings is 1. The molecule has 0 radical (unpaired) electrons. The van der Waals surface area contributed by atoms with Gasteiger partial charge >= 0.3 is 0 Å². The van der Waals surface area contributed by atoms with Crippen molar-refractivity contribution in [2.24, 2.45) is 7.05 Å². The van der Waals surface area contributed by atoms with Gasteiger partial charge in [-0.3, -0.25) is 18.6 Å². The Hall–Kier alpha value is -3.23. The Kier molecular flexibility index (Phi) is 4.72. The fourth-order valence-corrected chi connectivity index (χ4v) is 5.17. The maximum atomic E-state index is 12.9. The highest BCUT2D eigenvalue weighted by Crippen LogP contribution is 2.32. The molecular formula is C22H16N4O2S2. The van der Waals surface area contributed by atoms with Crippen LogP contribution in [0.1, 0.15) is 5.69 Å². The molecule has 8 heteroatoms. The average Bonchev–Trinajstić information content (AvgIpc) is 3.20. The van der Waals surface area contributed by atoms with E-state index in [4.69, 9.17) is 4.98 Å². The second kappa shape index (κ2) is 7.55. The molecule has 0 amide bonds. The molecule has 0 aliphatic rings. The van der Waals surface area contributed by atoms with Crippen molar-refractivity contribution in [1.82, 2.24) is 18.9 Å². The van der Waals surface area contributed by atoms with Crippen LogP contribution >= 0.6 is 23.1 Å². The molecule has 0 N–H and O–H groups in total. The number of thiophene rings is 1. The van der Waals surface area contributed by atoms with Crippen molar-refractivity contribution >= 4 is 39.0 Å². The van der Waals surface area contributed by atoms with Crippen molar-refractivity contribution in [1.29, 1.82) is 0 Å². The normalized spacial score (nSPS) is 11.4. The van der Waals surface area contributed by atoms with E-state index in [0.29, 0.717) is 32.5 Å². The third-order valence-electron chi connectivity index (χ3n) is 4.75. The first kappa shape index (κ1) is 18.8. The molecule has 0 saturated carbocycles. The zero-order valence-corrected chi connectivity index (χ0v) is 17.6. The van der Waals surface area contributed by atoms with Crippen LogP contribution in [-0.2, 0) is 12.8 Å². The number of aromatic nitrogens is 4. The van der Waals surface area contributed by atoms with E-state index in [2.05, 4.69) is 4.98 Å². The number of rotatable bonds is 4. The highest BCUT2D eigenvalue weighted by atomic mass is 32.2. The Labute approximate surface area is 179 Å². The van der Waals surface area contributed by atoms with Gasteiger partial charge in [-0.2, -0.15) is 0 Å². The molecule has 0 aliphatic heterocycles. The van der Waals surface area contributed by atoms with Crippen molar-refractivity contribution in [3.05, 3.63) is 93.3 Å². The number of hydrogen-bond donors (Lipinski definition) is 0. The lowest BCUT2D eigenvalue weighted by molar-refractivity contribution is 0.727. The van der Waals surface area contributed by atoms with E-state index < -0.39 is 0 Å². The molecule has 0 fully saturated rings. The first-order chi connectivity index (χ1) is 14.6.